The number of alkyl halides is 3. The molecule has 0 saturated carbocycles. The summed E-state index contributed by atoms with van der Waals surface area (Å²) in [7, 11) is 0. The molecule has 1 amide bonds. The summed E-state index contributed by atoms with van der Waals surface area (Å²) < 4.78 is 45.5. The predicted molar refractivity (Wildman–Crippen MR) is 70.7 cm³/mol. The van der Waals surface area contributed by atoms with Crippen molar-refractivity contribution in [2.24, 2.45) is 0 Å². The van der Waals surface area contributed by atoms with Crippen molar-refractivity contribution in [2.45, 2.75) is 32.7 Å². The highest BCUT2D eigenvalue weighted by Gasteiger charge is 2.31. The van der Waals surface area contributed by atoms with E-state index in [2.05, 4.69) is 26.0 Å². The number of benzene rings is 1. The Morgan fingerprint density at radius 1 is 1.20 bits per heavy atom. The minimum atomic E-state index is -4.80. The van der Waals surface area contributed by atoms with Crippen molar-refractivity contribution in [1.82, 2.24) is 0 Å². The minimum absolute atomic E-state index is 0.118. The van der Waals surface area contributed by atoms with Crippen molar-refractivity contribution in [3.63, 3.8) is 0 Å². The van der Waals surface area contributed by atoms with Crippen LogP contribution in [0.4, 0.5) is 23.7 Å². The second kappa shape index (κ2) is 5.90. The van der Waals surface area contributed by atoms with Gasteiger partial charge in [0.05, 0.1) is 0 Å². The van der Waals surface area contributed by atoms with E-state index in [1.807, 2.05) is 0 Å². The monoisotopic (exact) mass is 355 g/mol. The van der Waals surface area contributed by atoms with Gasteiger partial charge in [-0.15, -0.1) is 13.2 Å². The van der Waals surface area contributed by atoms with Crippen molar-refractivity contribution in [1.29, 1.82) is 0 Å². The zero-order valence-electron chi connectivity index (χ0n) is 11.0. The van der Waals surface area contributed by atoms with Crippen molar-refractivity contribution in [3.8, 4) is 5.75 Å². The van der Waals surface area contributed by atoms with Gasteiger partial charge in [-0.25, -0.2) is 4.79 Å². The zero-order valence-corrected chi connectivity index (χ0v) is 12.6. The third-order valence-corrected chi connectivity index (χ3v) is 2.21. The largest absolute Gasteiger partial charge is 0.573 e. The van der Waals surface area contributed by atoms with Crippen molar-refractivity contribution in [2.75, 3.05) is 5.32 Å². The summed E-state index contributed by atoms with van der Waals surface area (Å²) >= 11 is 3.03. The molecule has 20 heavy (non-hydrogen) atoms. The number of carbonyl (C=O) groups is 1. The van der Waals surface area contributed by atoms with Gasteiger partial charge in [0.15, 0.2) is 0 Å². The van der Waals surface area contributed by atoms with Crippen LogP contribution in [0, 0.1) is 0 Å². The van der Waals surface area contributed by atoms with Crippen LogP contribution in [0.3, 0.4) is 0 Å². The van der Waals surface area contributed by atoms with E-state index >= 15 is 0 Å². The average molecular weight is 356 g/mol. The summed E-state index contributed by atoms with van der Waals surface area (Å²) in [6, 6.07) is 3.60. The highest BCUT2D eigenvalue weighted by molar-refractivity contribution is 9.10. The SMILES string of the molecule is CC(C)(C)OC(=O)Nc1cc(Br)cc(OC(F)(F)F)c1. The predicted octanol–water partition coefficient (Wildman–Crippen LogP) is 4.69. The molecule has 0 radical (unpaired) electrons. The Kier molecular flexibility index (Phi) is 4.90. The van der Waals surface area contributed by atoms with Gasteiger partial charge in [0, 0.05) is 16.2 Å². The molecule has 0 fully saturated rings. The maximum absolute atomic E-state index is 12.1. The van der Waals surface area contributed by atoms with E-state index < -0.39 is 23.8 Å². The summed E-state index contributed by atoms with van der Waals surface area (Å²) in [6.07, 6.45) is -5.57. The third-order valence-electron chi connectivity index (χ3n) is 1.75. The number of halogens is 4. The number of hydrogen-bond acceptors (Lipinski definition) is 3. The van der Waals surface area contributed by atoms with Gasteiger partial charge in [-0.1, -0.05) is 15.9 Å². The van der Waals surface area contributed by atoms with Crippen molar-refractivity contribution in [3.05, 3.63) is 22.7 Å². The molecule has 0 heterocycles. The number of anilines is 1. The minimum Gasteiger partial charge on any atom is -0.444 e. The number of rotatable bonds is 2. The molecule has 0 aliphatic carbocycles. The van der Waals surface area contributed by atoms with Crippen LogP contribution >= 0.6 is 15.9 Å². The van der Waals surface area contributed by atoms with Crippen LogP contribution in [-0.2, 0) is 4.74 Å². The Labute approximate surface area is 122 Å². The molecular formula is C12H13BrF3NO3. The fourth-order valence-corrected chi connectivity index (χ4v) is 1.72. The first kappa shape index (κ1) is 16.6. The molecule has 0 saturated heterocycles. The Balaban J connectivity index is 2.83. The van der Waals surface area contributed by atoms with Crippen molar-refractivity contribution < 1.29 is 27.4 Å². The average Bonchev–Trinajstić information content (AvgIpc) is 2.08. The molecule has 0 bridgehead atoms. The zero-order chi connectivity index (χ0) is 15.6. The second-order valence-electron chi connectivity index (χ2n) is 4.85. The molecule has 1 rings (SSSR count). The lowest BCUT2D eigenvalue weighted by molar-refractivity contribution is -0.274. The van der Waals surface area contributed by atoms with E-state index in [9.17, 15) is 18.0 Å². The molecule has 1 N–H and O–H groups in total. The summed E-state index contributed by atoms with van der Waals surface area (Å²) in [4.78, 5) is 11.5. The maximum atomic E-state index is 12.1. The molecule has 4 nitrogen and oxygen atoms in total. The first-order valence-corrected chi connectivity index (χ1v) is 6.30. The van der Waals surface area contributed by atoms with Gasteiger partial charge < -0.3 is 9.47 Å². The third kappa shape index (κ3) is 6.65. The Morgan fingerprint density at radius 3 is 2.30 bits per heavy atom. The van der Waals surface area contributed by atoms with Gasteiger partial charge in [0.2, 0.25) is 0 Å². The van der Waals surface area contributed by atoms with Gasteiger partial charge in [-0.3, -0.25) is 5.32 Å². The lowest BCUT2D eigenvalue weighted by Crippen LogP contribution is -2.27. The topological polar surface area (TPSA) is 47.6 Å². The molecule has 1 aromatic carbocycles. The van der Waals surface area contributed by atoms with Crippen LogP contribution in [0.5, 0.6) is 5.75 Å². The molecule has 0 atom stereocenters. The van der Waals surface area contributed by atoms with E-state index in [0.29, 0.717) is 4.47 Å². The van der Waals surface area contributed by atoms with Gasteiger partial charge >= 0.3 is 12.5 Å². The Bertz CT molecular complexity index is 498. The quantitative estimate of drug-likeness (QED) is 0.836. The first-order valence-electron chi connectivity index (χ1n) is 5.51. The lowest BCUT2D eigenvalue weighted by Gasteiger charge is -2.20. The number of nitrogens with one attached hydrogen (secondary N) is 1. The normalized spacial score (nSPS) is 11.9. The molecule has 0 unspecified atom stereocenters. The van der Waals surface area contributed by atoms with Crippen LogP contribution in [0.1, 0.15) is 20.8 Å². The summed E-state index contributed by atoms with van der Waals surface area (Å²) in [5.41, 5.74) is -0.589. The van der Waals surface area contributed by atoms with E-state index in [1.165, 1.54) is 6.07 Å². The summed E-state index contributed by atoms with van der Waals surface area (Å²) in [6.45, 7) is 5.02. The smallest absolute Gasteiger partial charge is 0.444 e. The maximum Gasteiger partial charge on any atom is 0.573 e. The van der Waals surface area contributed by atoms with Gasteiger partial charge in [-0.2, -0.15) is 0 Å². The summed E-state index contributed by atoms with van der Waals surface area (Å²) in [5, 5.41) is 2.33. The van der Waals surface area contributed by atoms with Crippen LogP contribution in [0.25, 0.3) is 0 Å². The molecule has 0 spiro atoms. The fourth-order valence-electron chi connectivity index (χ4n) is 1.25. The summed E-state index contributed by atoms with van der Waals surface area (Å²) in [5.74, 6) is -0.446. The van der Waals surface area contributed by atoms with E-state index in [-0.39, 0.29) is 5.69 Å². The Hall–Kier alpha value is -1.44. The number of carbonyl (C=O) groups excluding carboxylic acids is 1. The standard InChI is InChI=1S/C12H13BrF3NO3/c1-11(2,3)20-10(18)17-8-4-7(13)5-9(6-8)19-12(14,15)16/h4-6H,1-3H3,(H,17,18). The van der Waals surface area contributed by atoms with Gasteiger partial charge in [0.25, 0.3) is 0 Å². The molecule has 0 aromatic heterocycles. The van der Waals surface area contributed by atoms with E-state index in [4.69, 9.17) is 4.74 Å². The molecule has 112 valence electrons. The molecule has 1 aromatic rings. The van der Waals surface area contributed by atoms with Crippen LogP contribution < -0.4 is 10.1 Å². The first-order chi connectivity index (χ1) is 8.94. The van der Waals surface area contributed by atoms with E-state index in [1.54, 1.807) is 20.8 Å². The Morgan fingerprint density at radius 2 is 1.80 bits per heavy atom. The number of amides is 1. The van der Waals surface area contributed by atoms with Crippen LogP contribution in [0.2, 0.25) is 0 Å². The molecule has 8 heteroatoms. The van der Waals surface area contributed by atoms with Crippen LogP contribution in [0.15, 0.2) is 22.7 Å². The second-order valence-corrected chi connectivity index (χ2v) is 5.77. The van der Waals surface area contributed by atoms with E-state index in [0.717, 1.165) is 12.1 Å². The number of hydrogen-bond donors (Lipinski definition) is 1. The molecule has 0 aliphatic heterocycles. The van der Waals surface area contributed by atoms with Gasteiger partial charge in [0.1, 0.15) is 11.4 Å². The van der Waals surface area contributed by atoms with Crippen LogP contribution in [-0.4, -0.2) is 18.1 Å². The highest BCUT2D eigenvalue weighted by atomic mass is 79.9. The molecular weight excluding hydrogens is 343 g/mol. The molecule has 0 aliphatic rings. The van der Waals surface area contributed by atoms with Crippen molar-refractivity contribution >= 4 is 27.7 Å². The number of ether oxygens (including phenoxy) is 2. The fraction of sp³-hybridized carbons (Fsp3) is 0.417. The van der Waals surface area contributed by atoms with Gasteiger partial charge in [-0.05, 0) is 32.9 Å². The highest BCUT2D eigenvalue weighted by Crippen LogP contribution is 2.29. The lowest BCUT2D eigenvalue weighted by atomic mass is 10.2.